The Hall–Kier alpha value is -1.38. The largest absolute Gasteiger partial charge is 0.393 e. The zero-order chi connectivity index (χ0) is 11.9. The molecule has 2 aromatic carbocycles. The van der Waals surface area contributed by atoms with Crippen LogP contribution in [0.15, 0.2) is 42.5 Å². The second-order valence-electron chi connectivity index (χ2n) is 5.07. The Balaban J connectivity index is 2.17. The second kappa shape index (κ2) is 3.83. The fourth-order valence-corrected chi connectivity index (χ4v) is 3.03. The average Bonchev–Trinajstić information content (AvgIpc) is 2.34. The van der Waals surface area contributed by atoms with Crippen LogP contribution in [0.5, 0.6) is 0 Å². The smallest absolute Gasteiger partial charge is 0.0558 e. The van der Waals surface area contributed by atoms with Crippen LogP contribution in [0.4, 0.5) is 0 Å². The first kappa shape index (κ1) is 10.8. The van der Waals surface area contributed by atoms with Gasteiger partial charge in [-0.05, 0) is 29.2 Å². The summed E-state index contributed by atoms with van der Waals surface area (Å²) in [6.45, 7) is 0.609. The number of fused-ring (bicyclic) bond motifs is 1. The number of hydrogen-bond donors (Lipinski definition) is 2. The molecule has 17 heavy (non-hydrogen) atoms. The lowest BCUT2D eigenvalue weighted by molar-refractivity contribution is 0.0229. The van der Waals surface area contributed by atoms with Gasteiger partial charge in [0.15, 0.2) is 0 Å². The summed E-state index contributed by atoms with van der Waals surface area (Å²) in [6.07, 6.45) is 1.40. The van der Waals surface area contributed by atoms with Gasteiger partial charge in [0.2, 0.25) is 0 Å². The maximum atomic E-state index is 9.59. The maximum absolute atomic E-state index is 9.59. The van der Waals surface area contributed by atoms with Crippen LogP contribution in [-0.4, -0.2) is 17.8 Å². The molecule has 0 unspecified atom stereocenters. The first-order chi connectivity index (χ1) is 8.25. The summed E-state index contributed by atoms with van der Waals surface area (Å²) in [4.78, 5) is 0. The van der Waals surface area contributed by atoms with Crippen molar-refractivity contribution in [2.45, 2.75) is 24.4 Å². The van der Waals surface area contributed by atoms with Gasteiger partial charge < -0.3 is 10.8 Å². The molecule has 0 radical (unpaired) electrons. The SMILES string of the molecule is NCC1(c2cccc3ccccc23)CC(O)C1. The predicted molar refractivity (Wildman–Crippen MR) is 69.9 cm³/mol. The van der Waals surface area contributed by atoms with Gasteiger partial charge in [-0.2, -0.15) is 0 Å². The molecule has 2 heteroatoms. The Morgan fingerprint density at radius 1 is 1.12 bits per heavy atom. The van der Waals surface area contributed by atoms with Crippen molar-refractivity contribution < 1.29 is 5.11 Å². The Morgan fingerprint density at radius 2 is 1.82 bits per heavy atom. The Kier molecular flexibility index (Phi) is 2.42. The van der Waals surface area contributed by atoms with Gasteiger partial charge >= 0.3 is 0 Å². The van der Waals surface area contributed by atoms with Crippen LogP contribution in [0.2, 0.25) is 0 Å². The summed E-state index contributed by atoms with van der Waals surface area (Å²) in [5.74, 6) is 0. The molecule has 3 N–H and O–H groups in total. The predicted octanol–water partition coefficient (Wildman–Crippen LogP) is 2.19. The second-order valence-corrected chi connectivity index (χ2v) is 5.07. The number of aliphatic hydroxyl groups excluding tert-OH is 1. The third-order valence-electron chi connectivity index (χ3n) is 4.00. The van der Waals surface area contributed by atoms with Crippen LogP contribution in [0.25, 0.3) is 10.8 Å². The summed E-state index contributed by atoms with van der Waals surface area (Å²) in [5, 5.41) is 12.1. The first-order valence-corrected chi connectivity index (χ1v) is 6.11. The van der Waals surface area contributed by atoms with E-state index in [0.717, 1.165) is 12.8 Å². The van der Waals surface area contributed by atoms with E-state index < -0.39 is 0 Å². The number of aliphatic hydroxyl groups is 1. The van der Waals surface area contributed by atoms with E-state index in [1.54, 1.807) is 0 Å². The monoisotopic (exact) mass is 227 g/mol. The molecule has 3 rings (SSSR count). The van der Waals surface area contributed by atoms with Crippen LogP contribution >= 0.6 is 0 Å². The number of nitrogens with two attached hydrogens (primary N) is 1. The summed E-state index contributed by atoms with van der Waals surface area (Å²) in [5.41, 5.74) is 7.22. The molecule has 0 saturated heterocycles. The lowest BCUT2D eigenvalue weighted by Crippen LogP contribution is -2.49. The van der Waals surface area contributed by atoms with Crippen molar-refractivity contribution in [2.75, 3.05) is 6.54 Å². The van der Waals surface area contributed by atoms with Crippen LogP contribution in [0.3, 0.4) is 0 Å². The van der Waals surface area contributed by atoms with E-state index in [1.165, 1.54) is 16.3 Å². The lowest BCUT2D eigenvalue weighted by atomic mass is 9.62. The van der Waals surface area contributed by atoms with E-state index in [1.807, 2.05) is 0 Å². The molecule has 1 saturated carbocycles. The number of benzene rings is 2. The molecule has 1 fully saturated rings. The molecule has 0 aliphatic heterocycles. The Morgan fingerprint density at radius 3 is 2.53 bits per heavy atom. The van der Waals surface area contributed by atoms with Crippen molar-refractivity contribution in [2.24, 2.45) is 5.73 Å². The van der Waals surface area contributed by atoms with Gasteiger partial charge in [0.05, 0.1) is 6.10 Å². The van der Waals surface area contributed by atoms with Crippen LogP contribution in [0, 0.1) is 0 Å². The van der Waals surface area contributed by atoms with Gasteiger partial charge in [-0.15, -0.1) is 0 Å². The highest BCUT2D eigenvalue weighted by Crippen LogP contribution is 2.45. The summed E-state index contributed by atoms with van der Waals surface area (Å²) < 4.78 is 0. The summed E-state index contributed by atoms with van der Waals surface area (Å²) in [7, 11) is 0. The van der Waals surface area contributed by atoms with E-state index in [2.05, 4.69) is 42.5 Å². The molecule has 0 aromatic heterocycles. The molecule has 0 amide bonds. The van der Waals surface area contributed by atoms with Crippen molar-refractivity contribution >= 4 is 10.8 Å². The van der Waals surface area contributed by atoms with E-state index in [9.17, 15) is 5.11 Å². The van der Waals surface area contributed by atoms with Gasteiger partial charge in [-0.25, -0.2) is 0 Å². The molecule has 0 heterocycles. The Bertz CT molecular complexity index is 538. The molecule has 0 spiro atoms. The molecule has 88 valence electrons. The van der Waals surface area contributed by atoms with Gasteiger partial charge in [0.1, 0.15) is 0 Å². The zero-order valence-electron chi connectivity index (χ0n) is 9.76. The average molecular weight is 227 g/mol. The molecule has 0 atom stereocenters. The number of hydrogen-bond acceptors (Lipinski definition) is 2. The van der Waals surface area contributed by atoms with Crippen molar-refractivity contribution in [3.05, 3.63) is 48.0 Å². The third-order valence-corrected chi connectivity index (χ3v) is 4.00. The topological polar surface area (TPSA) is 46.2 Å². The van der Waals surface area contributed by atoms with Crippen molar-refractivity contribution in [3.8, 4) is 0 Å². The van der Waals surface area contributed by atoms with Crippen molar-refractivity contribution in [1.82, 2.24) is 0 Å². The van der Waals surface area contributed by atoms with Gasteiger partial charge in [0.25, 0.3) is 0 Å². The number of rotatable bonds is 2. The highest BCUT2D eigenvalue weighted by Gasteiger charge is 2.44. The molecular weight excluding hydrogens is 210 g/mol. The van der Waals surface area contributed by atoms with E-state index in [4.69, 9.17) is 5.73 Å². The highest BCUT2D eigenvalue weighted by atomic mass is 16.3. The molecule has 0 bridgehead atoms. The molecule has 1 aliphatic rings. The van der Waals surface area contributed by atoms with Gasteiger partial charge in [-0.1, -0.05) is 42.5 Å². The van der Waals surface area contributed by atoms with Crippen LogP contribution < -0.4 is 5.73 Å². The van der Waals surface area contributed by atoms with E-state index in [-0.39, 0.29) is 11.5 Å². The maximum Gasteiger partial charge on any atom is 0.0558 e. The molecule has 1 aliphatic carbocycles. The van der Waals surface area contributed by atoms with Gasteiger partial charge in [0, 0.05) is 12.0 Å². The summed E-state index contributed by atoms with van der Waals surface area (Å²) in [6, 6.07) is 14.7. The zero-order valence-corrected chi connectivity index (χ0v) is 9.76. The summed E-state index contributed by atoms with van der Waals surface area (Å²) >= 11 is 0. The first-order valence-electron chi connectivity index (χ1n) is 6.11. The lowest BCUT2D eigenvalue weighted by Gasteiger charge is -2.45. The minimum atomic E-state index is -0.183. The standard InChI is InChI=1S/C15H17NO/c16-10-15(8-12(17)9-15)14-7-3-5-11-4-1-2-6-13(11)14/h1-7,12,17H,8-10,16H2. The highest BCUT2D eigenvalue weighted by molar-refractivity contribution is 5.86. The van der Waals surface area contributed by atoms with Crippen molar-refractivity contribution in [3.63, 3.8) is 0 Å². The fraction of sp³-hybridized carbons (Fsp3) is 0.333. The molecule has 2 aromatic rings. The van der Waals surface area contributed by atoms with Gasteiger partial charge in [-0.3, -0.25) is 0 Å². The Labute approximate surface area is 101 Å². The minimum Gasteiger partial charge on any atom is -0.393 e. The van der Waals surface area contributed by atoms with Crippen molar-refractivity contribution in [1.29, 1.82) is 0 Å². The van der Waals surface area contributed by atoms with Crippen LogP contribution in [-0.2, 0) is 5.41 Å². The molecule has 2 nitrogen and oxygen atoms in total. The minimum absolute atomic E-state index is 0.0136. The fourth-order valence-electron chi connectivity index (χ4n) is 3.03. The quantitative estimate of drug-likeness (QED) is 0.826. The van der Waals surface area contributed by atoms with E-state index in [0.29, 0.717) is 6.54 Å². The normalized spacial score (nSPS) is 28.0. The van der Waals surface area contributed by atoms with E-state index >= 15 is 0 Å². The van der Waals surface area contributed by atoms with Crippen LogP contribution in [0.1, 0.15) is 18.4 Å². The molecular formula is C15H17NO. The third kappa shape index (κ3) is 1.56.